The lowest BCUT2D eigenvalue weighted by molar-refractivity contribution is 0.514. The molecule has 0 saturated carbocycles. The maximum Gasteiger partial charge on any atom is 0.0548 e. The molecule has 1 heterocycles. The van der Waals surface area contributed by atoms with E-state index in [0.717, 1.165) is 12.1 Å². The van der Waals surface area contributed by atoms with Gasteiger partial charge < -0.3 is 5.73 Å². The molecule has 1 unspecified atom stereocenters. The van der Waals surface area contributed by atoms with Gasteiger partial charge in [0, 0.05) is 19.3 Å². The van der Waals surface area contributed by atoms with E-state index in [1.165, 1.54) is 64.2 Å². The predicted octanol–water partition coefficient (Wildman–Crippen LogP) is 4.73. The van der Waals surface area contributed by atoms with Gasteiger partial charge in [-0.1, -0.05) is 71.1 Å². The SMILES string of the molecule is CCCCCCCCCCCCC(N)c1ccnn1C. The molecule has 0 spiro atoms. The third kappa shape index (κ3) is 7.09. The van der Waals surface area contributed by atoms with Crippen LogP contribution in [0.15, 0.2) is 12.3 Å². The van der Waals surface area contributed by atoms with Crippen LogP contribution in [0.2, 0.25) is 0 Å². The molecule has 0 saturated heterocycles. The molecule has 0 fully saturated rings. The first-order valence-electron chi connectivity index (χ1n) is 8.49. The summed E-state index contributed by atoms with van der Waals surface area (Å²) in [6.07, 6.45) is 16.7. The fourth-order valence-corrected chi connectivity index (χ4v) is 2.75. The molecule has 3 nitrogen and oxygen atoms in total. The first-order chi connectivity index (χ1) is 9.75. The molecule has 1 aromatic heterocycles. The van der Waals surface area contributed by atoms with Crippen LogP contribution < -0.4 is 5.73 Å². The van der Waals surface area contributed by atoms with E-state index in [1.807, 2.05) is 24.0 Å². The number of nitrogens with zero attached hydrogens (tertiary/aromatic N) is 2. The van der Waals surface area contributed by atoms with E-state index >= 15 is 0 Å². The molecule has 3 heteroatoms. The molecular formula is C17H33N3. The lowest BCUT2D eigenvalue weighted by atomic mass is 10.0. The number of unbranched alkanes of at least 4 members (excludes halogenated alkanes) is 9. The van der Waals surface area contributed by atoms with Crippen molar-refractivity contribution in [3.8, 4) is 0 Å². The topological polar surface area (TPSA) is 43.8 Å². The zero-order valence-corrected chi connectivity index (χ0v) is 13.5. The van der Waals surface area contributed by atoms with Gasteiger partial charge in [0.05, 0.1) is 5.69 Å². The van der Waals surface area contributed by atoms with Gasteiger partial charge in [-0.25, -0.2) is 0 Å². The van der Waals surface area contributed by atoms with E-state index in [4.69, 9.17) is 5.73 Å². The lowest BCUT2D eigenvalue weighted by Crippen LogP contribution is -2.14. The molecular weight excluding hydrogens is 246 g/mol. The molecule has 1 rings (SSSR count). The number of nitrogens with two attached hydrogens (primary N) is 1. The van der Waals surface area contributed by atoms with Crippen LogP contribution in [0.5, 0.6) is 0 Å². The van der Waals surface area contributed by atoms with Crippen molar-refractivity contribution in [1.29, 1.82) is 0 Å². The molecule has 0 aliphatic carbocycles. The fraction of sp³-hybridized carbons (Fsp3) is 0.824. The Kier molecular flexibility index (Phi) is 9.38. The van der Waals surface area contributed by atoms with Gasteiger partial charge in [-0.2, -0.15) is 5.10 Å². The zero-order chi connectivity index (χ0) is 14.6. The van der Waals surface area contributed by atoms with Gasteiger partial charge in [0.2, 0.25) is 0 Å². The molecule has 116 valence electrons. The van der Waals surface area contributed by atoms with Crippen LogP contribution in [0.4, 0.5) is 0 Å². The summed E-state index contributed by atoms with van der Waals surface area (Å²) in [5.74, 6) is 0. The largest absolute Gasteiger partial charge is 0.323 e. The number of hydrogen-bond donors (Lipinski definition) is 1. The highest BCUT2D eigenvalue weighted by Gasteiger charge is 2.08. The van der Waals surface area contributed by atoms with Crippen LogP contribution in [0.3, 0.4) is 0 Å². The molecule has 0 aliphatic rings. The third-order valence-electron chi connectivity index (χ3n) is 4.11. The van der Waals surface area contributed by atoms with E-state index < -0.39 is 0 Å². The number of hydrogen-bond acceptors (Lipinski definition) is 2. The Morgan fingerprint density at radius 1 is 1.00 bits per heavy atom. The Balaban J connectivity index is 1.91. The zero-order valence-electron chi connectivity index (χ0n) is 13.5. The summed E-state index contributed by atoms with van der Waals surface area (Å²) in [6, 6.07) is 2.18. The third-order valence-corrected chi connectivity index (χ3v) is 4.11. The van der Waals surface area contributed by atoms with Crippen LogP contribution >= 0.6 is 0 Å². The molecule has 0 aliphatic heterocycles. The van der Waals surface area contributed by atoms with Crippen molar-refractivity contribution in [2.24, 2.45) is 12.8 Å². The van der Waals surface area contributed by atoms with Gasteiger partial charge in [0.15, 0.2) is 0 Å². The molecule has 0 amide bonds. The molecule has 1 aromatic rings. The summed E-state index contributed by atoms with van der Waals surface area (Å²) in [7, 11) is 1.97. The maximum absolute atomic E-state index is 6.19. The Morgan fingerprint density at radius 3 is 2.05 bits per heavy atom. The summed E-state index contributed by atoms with van der Waals surface area (Å²) >= 11 is 0. The van der Waals surface area contributed by atoms with E-state index in [0.29, 0.717) is 0 Å². The molecule has 0 bridgehead atoms. The highest BCUT2D eigenvalue weighted by atomic mass is 15.3. The minimum absolute atomic E-state index is 0.150. The van der Waals surface area contributed by atoms with Crippen LogP contribution in [0, 0.1) is 0 Å². The monoisotopic (exact) mass is 279 g/mol. The summed E-state index contributed by atoms with van der Waals surface area (Å²) in [5.41, 5.74) is 7.34. The highest BCUT2D eigenvalue weighted by Crippen LogP contribution is 2.17. The quantitative estimate of drug-likeness (QED) is 0.562. The molecule has 1 atom stereocenters. The number of aryl methyl sites for hydroxylation is 1. The lowest BCUT2D eigenvalue weighted by Gasteiger charge is -2.11. The average molecular weight is 279 g/mol. The van der Waals surface area contributed by atoms with Gasteiger partial charge in [-0.15, -0.1) is 0 Å². The summed E-state index contributed by atoms with van der Waals surface area (Å²) in [6.45, 7) is 2.27. The molecule has 0 aromatic carbocycles. The molecule has 2 N–H and O–H groups in total. The average Bonchev–Trinajstić information content (AvgIpc) is 2.87. The van der Waals surface area contributed by atoms with Crippen molar-refractivity contribution in [2.75, 3.05) is 0 Å². The van der Waals surface area contributed by atoms with Crippen LogP contribution in [-0.2, 0) is 7.05 Å². The Labute approximate surface area is 124 Å². The van der Waals surface area contributed by atoms with Gasteiger partial charge in [-0.3, -0.25) is 4.68 Å². The summed E-state index contributed by atoms with van der Waals surface area (Å²) in [5, 5.41) is 4.17. The second-order valence-electron chi connectivity index (χ2n) is 5.96. The van der Waals surface area contributed by atoms with E-state index in [2.05, 4.69) is 12.0 Å². The van der Waals surface area contributed by atoms with Crippen molar-refractivity contribution in [1.82, 2.24) is 9.78 Å². The normalized spacial score (nSPS) is 12.8. The standard InChI is InChI=1S/C17H33N3/c1-3-4-5-6-7-8-9-10-11-12-13-16(18)17-14-15-19-20(17)2/h14-16H,3-13,18H2,1-2H3. The van der Waals surface area contributed by atoms with Crippen molar-refractivity contribution in [2.45, 2.75) is 83.6 Å². The summed E-state index contributed by atoms with van der Waals surface area (Å²) in [4.78, 5) is 0. The van der Waals surface area contributed by atoms with Gasteiger partial charge >= 0.3 is 0 Å². The minimum atomic E-state index is 0.150. The second kappa shape index (κ2) is 10.9. The fourth-order valence-electron chi connectivity index (χ4n) is 2.75. The Bertz CT molecular complexity index is 333. The maximum atomic E-state index is 6.19. The van der Waals surface area contributed by atoms with Crippen molar-refractivity contribution >= 4 is 0 Å². The van der Waals surface area contributed by atoms with Crippen LogP contribution in [0.25, 0.3) is 0 Å². The van der Waals surface area contributed by atoms with E-state index in [1.54, 1.807) is 0 Å². The molecule has 0 radical (unpaired) electrons. The number of rotatable bonds is 12. The van der Waals surface area contributed by atoms with Crippen molar-refractivity contribution in [3.05, 3.63) is 18.0 Å². The summed E-state index contributed by atoms with van der Waals surface area (Å²) < 4.78 is 1.89. The van der Waals surface area contributed by atoms with E-state index in [-0.39, 0.29) is 6.04 Å². The second-order valence-corrected chi connectivity index (χ2v) is 5.96. The predicted molar refractivity (Wildman–Crippen MR) is 86.6 cm³/mol. The minimum Gasteiger partial charge on any atom is -0.323 e. The Morgan fingerprint density at radius 2 is 1.55 bits per heavy atom. The van der Waals surface area contributed by atoms with Gasteiger partial charge in [-0.05, 0) is 12.5 Å². The van der Waals surface area contributed by atoms with Crippen molar-refractivity contribution in [3.63, 3.8) is 0 Å². The Hall–Kier alpha value is -0.830. The van der Waals surface area contributed by atoms with Crippen molar-refractivity contribution < 1.29 is 0 Å². The van der Waals surface area contributed by atoms with Gasteiger partial charge in [0.25, 0.3) is 0 Å². The number of aromatic nitrogens is 2. The smallest absolute Gasteiger partial charge is 0.0548 e. The first kappa shape index (κ1) is 17.2. The van der Waals surface area contributed by atoms with Crippen LogP contribution in [0.1, 0.15) is 89.3 Å². The molecule has 20 heavy (non-hydrogen) atoms. The van der Waals surface area contributed by atoms with E-state index in [9.17, 15) is 0 Å². The first-order valence-corrected chi connectivity index (χ1v) is 8.49. The van der Waals surface area contributed by atoms with Gasteiger partial charge in [0.1, 0.15) is 0 Å². The highest BCUT2D eigenvalue weighted by molar-refractivity contribution is 5.05. The van der Waals surface area contributed by atoms with Crippen LogP contribution in [-0.4, -0.2) is 9.78 Å².